The lowest BCUT2D eigenvalue weighted by atomic mass is 10.1. The molecule has 1 fully saturated rings. The Morgan fingerprint density at radius 2 is 2.19 bits per heavy atom. The third kappa shape index (κ3) is 1.90. The van der Waals surface area contributed by atoms with Gasteiger partial charge in [-0.1, -0.05) is 12.1 Å². The Hall–Kier alpha value is -1.88. The molecule has 84 valence electrons. The Bertz CT molecular complexity index is 445. The van der Waals surface area contributed by atoms with Crippen LogP contribution in [0, 0.1) is 6.92 Å². The van der Waals surface area contributed by atoms with Crippen molar-refractivity contribution < 1.29 is 9.59 Å². The van der Waals surface area contributed by atoms with E-state index in [1.165, 1.54) is 4.90 Å². The Morgan fingerprint density at radius 3 is 2.81 bits per heavy atom. The lowest BCUT2D eigenvalue weighted by Crippen LogP contribution is -2.58. The van der Waals surface area contributed by atoms with Gasteiger partial charge in [-0.2, -0.15) is 0 Å². The van der Waals surface area contributed by atoms with Crippen LogP contribution in [0.5, 0.6) is 0 Å². The van der Waals surface area contributed by atoms with E-state index < -0.39 is 12.2 Å². The average molecular weight is 219 g/mol. The van der Waals surface area contributed by atoms with Gasteiger partial charge in [0.1, 0.15) is 0 Å². The molecule has 1 aliphatic rings. The second-order valence-electron chi connectivity index (χ2n) is 3.83. The number of imide groups is 1. The molecule has 5 nitrogen and oxygen atoms in total. The molecule has 1 atom stereocenters. The van der Waals surface area contributed by atoms with Gasteiger partial charge in [-0.05, 0) is 24.6 Å². The molecule has 3 amide bonds. The number of nitrogens with zero attached hydrogens (tertiary/aromatic N) is 1. The summed E-state index contributed by atoms with van der Waals surface area (Å²) in [5.74, 6) is -0.332. The summed E-state index contributed by atoms with van der Waals surface area (Å²) < 4.78 is 0. The summed E-state index contributed by atoms with van der Waals surface area (Å²) in [5, 5.41) is 2.25. The van der Waals surface area contributed by atoms with E-state index in [0.717, 1.165) is 5.56 Å². The summed E-state index contributed by atoms with van der Waals surface area (Å²) in [4.78, 5) is 24.1. The first kappa shape index (κ1) is 10.6. The maximum Gasteiger partial charge on any atom is 0.329 e. The molecule has 1 aliphatic heterocycles. The number of aryl methyl sites for hydroxylation is 1. The highest BCUT2D eigenvalue weighted by atomic mass is 16.2. The van der Waals surface area contributed by atoms with Gasteiger partial charge in [0.2, 0.25) is 5.91 Å². The van der Waals surface area contributed by atoms with Crippen LogP contribution < -0.4 is 16.0 Å². The minimum absolute atomic E-state index is 0.125. The van der Waals surface area contributed by atoms with Gasteiger partial charge in [0.15, 0.2) is 0 Å². The molecule has 1 aromatic rings. The molecule has 0 aliphatic carbocycles. The van der Waals surface area contributed by atoms with E-state index in [1.807, 2.05) is 25.1 Å². The average Bonchev–Trinajstić information content (AvgIpc) is 2.15. The molecule has 16 heavy (non-hydrogen) atoms. The van der Waals surface area contributed by atoms with E-state index in [-0.39, 0.29) is 12.3 Å². The smallest absolute Gasteiger partial charge is 0.310 e. The number of amides is 3. The van der Waals surface area contributed by atoms with Crippen LogP contribution >= 0.6 is 0 Å². The van der Waals surface area contributed by atoms with Gasteiger partial charge in [-0.15, -0.1) is 0 Å². The molecular weight excluding hydrogens is 206 g/mol. The number of hydrogen-bond donors (Lipinski definition) is 2. The first-order valence-electron chi connectivity index (χ1n) is 5.03. The number of anilines is 1. The van der Waals surface area contributed by atoms with E-state index in [1.54, 1.807) is 6.07 Å². The molecule has 0 radical (unpaired) electrons. The first-order chi connectivity index (χ1) is 7.58. The fourth-order valence-electron chi connectivity index (χ4n) is 1.75. The van der Waals surface area contributed by atoms with Gasteiger partial charge < -0.3 is 5.73 Å². The van der Waals surface area contributed by atoms with Gasteiger partial charge in [0, 0.05) is 5.69 Å². The number of nitrogens with one attached hydrogen (secondary N) is 1. The first-order valence-corrected chi connectivity index (χ1v) is 5.03. The van der Waals surface area contributed by atoms with E-state index >= 15 is 0 Å². The number of rotatable bonds is 1. The fraction of sp³-hybridized carbons (Fsp3) is 0.273. The third-order valence-electron chi connectivity index (χ3n) is 2.47. The molecule has 1 saturated heterocycles. The van der Waals surface area contributed by atoms with Crippen LogP contribution in [0.25, 0.3) is 0 Å². The van der Waals surface area contributed by atoms with Gasteiger partial charge in [0.25, 0.3) is 0 Å². The van der Waals surface area contributed by atoms with Crippen molar-refractivity contribution >= 4 is 17.6 Å². The Kier molecular flexibility index (Phi) is 2.62. The fourth-order valence-corrected chi connectivity index (χ4v) is 1.75. The van der Waals surface area contributed by atoms with Crippen molar-refractivity contribution in [1.82, 2.24) is 5.32 Å². The number of benzene rings is 1. The van der Waals surface area contributed by atoms with Crippen LogP contribution in [-0.2, 0) is 4.79 Å². The highest BCUT2D eigenvalue weighted by Gasteiger charge is 2.30. The highest BCUT2D eigenvalue weighted by Crippen LogP contribution is 2.20. The van der Waals surface area contributed by atoms with Gasteiger partial charge in [-0.3, -0.25) is 15.0 Å². The molecule has 2 rings (SSSR count). The van der Waals surface area contributed by atoms with Crippen molar-refractivity contribution in [2.75, 3.05) is 4.90 Å². The normalized spacial score (nSPS) is 20.9. The van der Waals surface area contributed by atoms with Gasteiger partial charge in [-0.25, -0.2) is 4.79 Å². The molecule has 0 aromatic heterocycles. The highest BCUT2D eigenvalue weighted by molar-refractivity contribution is 6.06. The molecule has 0 spiro atoms. The number of hydrogen-bond acceptors (Lipinski definition) is 3. The predicted octanol–water partition coefficient (Wildman–Crippen LogP) is 0.726. The van der Waals surface area contributed by atoms with Crippen molar-refractivity contribution in [3.8, 4) is 0 Å². The van der Waals surface area contributed by atoms with Crippen LogP contribution in [0.15, 0.2) is 24.3 Å². The van der Waals surface area contributed by atoms with Crippen LogP contribution in [0.4, 0.5) is 10.5 Å². The molecule has 1 heterocycles. The third-order valence-corrected chi connectivity index (χ3v) is 2.47. The zero-order chi connectivity index (χ0) is 11.7. The SMILES string of the molecule is Cc1cccc(N2C(=O)NC(=O)CC2N)c1. The maximum absolute atomic E-state index is 11.6. The van der Waals surface area contributed by atoms with Crippen LogP contribution in [0.3, 0.4) is 0 Å². The minimum atomic E-state index is -0.594. The lowest BCUT2D eigenvalue weighted by molar-refractivity contribution is -0.120. The molecular formula is C11H13N3O2. The summed E-state index contributed by atoms with van der Waals surface area (Å²) in [7, 11) is 0. The predicted molar refractivity (Wildman–Crippen MR) is 59.8 cm³/mol. The van der Waals surface area contributed by atoms with Gasteiger partial charge in [0.05, 0.1) is 12.6 Å². The molecule has 1 unspecified atom stereocenters. The van der Waals surface area contributed by atoms with E-state index in [4.69, 9.17) is 5.73 Å². The van der Waals surface area contributed by atoms with E-state index in [0.29, 0.717) is 5.69 Å². The zero-order valence-electron chi connectivity index (χ0n) is 8.93. The Balaban J connectivity index is 2.32. The number of nitrogens with two attached hydrogens (primary N) is 1. The summed E-state index contributed by atoms with van der Waals surface area (Å²) >= 11 is 0. The lowest BCUT2D eigenvalue weighted by Gasteiger charge is -2.32. The summed E-state index contributed by atoms with van der Waals surface area (Å²) in [5.41, 5.74) is 7.53. The monoisotopic (exact) mass is 219 g/mol. The van der Waals surface area contributed by atoms with Crippen LogP contribution in [-0.4, -0.2) is 18.1 Å². The molecule has 5 heteroatoms. The molecule has 0 bridgehead atoms. The summed E-state index contributed by atoms with van der Waals surface area (Å²) in [6.07, 6.45) is -0.470. The van der Waals surface area contributed by atoms with E-state index in [9.17, 15) is 9.59 Å². The number of urea groups is 1. The van der Waals surface area contributed by atoms with Crippen molar-refractivity contribution in [1.29, 1.82) is 0 Å². The molecule has 3 N–H and O–H groups in total. The van der Waals surface area contributed by atoms with Crippen LogP contribution in [0.2, 0.25) is 0 Å². The van der Waals surface area contributed by atoms with E-state index in [2.05, 4.69) is 5.32 Å². The largest absolute Gasteiger partial charge is 0.329 e. The zero-order valence-corrected chi connectivity index (χ0v) is 8.93. The minimum Gasteiger partial charge on any atom is -0.310 e. The second kappa shape index (κ2) is 3.94. The number of carbonyl (C=O) groups excluding carboxylic acids is 2. The maximum atomic E-state index is 11.6. The molecule has 0 saturated carbocycles. The quantitative estimate of drug-likeness (QED) is 0.731. The summed E-state index contributed by atoms with van der Waals surface area (Å²) in [6.45, 7) is 1.93. The van der Waals surface area contributed by atoms with Crippen molar-refractivity contribution in [2.45, 2.75) is 19.5 Å². The van der Waals surface area contributed by atoms with Crippen molar-refractivity contribution in [3.05, 3.63) is 29.8 Å². The Morgan fingerprint density at radius 1 is 1.44 bits per heavy atom. The second-order valence-corrected chi connectivity index (χ2v) is 3.83. The topological polar surface area (TPSA) is 75.4 Å². The number of carbonyl (C=O) groups is 2. The van der Waals surface area contributed by atoms with Gasteiger partial charge >= 0.3 is 6.03 Å². The van der Waals surface area contributed by atoms with Crippen molar-refractivity contribution in [2.24, 2.45) is 5.73 Å². The summed E-state index contributed by atoms with van der Waals surface area (Å²) in [6, 6.07) is 6.97. The molecule has 1 aromatic carbocycles. The van der Waals surface area contributed by atoms with Crippen molar-refractivity contribution in [3.63, 3.8) is 0 Å². The standard InChI is InChI=1S/C11H13N3O2/c1-7-3-2-4-8(5-7)14-9(12)6-10(15)13-11(14)16/h2-5,9H,6,12H2,1H3,(H,13,15,16). The van der Waals surface area contributed by atoms with Crippen LogP contribution in [0.1, 0.15) is 12.0 Å². The Labute approximate surface area is 93.2 Å².